The normalized spacial score (nSPS) is 29.5. The quantitative estimate of drug-likeness (QED) is 0.413. The third-order valence-corrected chi connectivity index (χ3v) is 4.00. The van der Waals surface area contributed by atoms with Crippen LogP contribution in [0.2, 0.25) is 0 Å². The molecule has 1 aromatic carbocycles. The second-order valence-corrected chi connectivity index (χ2v) is 5.55. The molecule has 0 radical (unpaired) electrons. The highest BCUT2D eigenvalue weighted by Gasteiger charge is 2.44. The molecule has 4 N–H and O–H groups in total. The lowest BCUT2D eigenvalue weighted by atomic mass is 9.99. The number of aliphatic hydroxyl groups is 4. The van der Waals surface area contributed by atoms with Crippen molar-refractivity contribution in [2.45, 2.75) is 30.7 Å². The number of nitro groups is 1. The van der Waals surface area contributed by atoms with E-state index in [-0.39, 0.29) is 22.3 Å². The molecule has 3 rings (SSSR count). The van der Waals surface area contributed by atoms with E-state index in [4.69, 9.17) is 9.47 Å². The summed E-state index contributed by atoms with van der Waals surface area (Å²) < 4.78 is 10.8. The van der Waals surface area contributed by atoms with Crippen LogP contribution in [-0.4, -0.2) is 67.6 Å². The zero-order valence-electron chi connectivity index (χ0n) is 12.8. The first-order valence-electron chi connectivity index (χ1n) is 7.43. The van der Waals surface area contributed by atoms with E-state index in [0.29, 0.717) is 0 Å². The van der Waals surface area contributed by atoms with Crippen LogP contribution in [0.5, 0.6) is 5.75 Å². The molecule has 134 valence electrons. The number of nitro benzene ring substituents is 1. The Morgan fingerprint density at radius 1 is 1.20 bits per heavy atom. The Kier molecular flexibility index (Phi) is 4.79. The van der Waals surface area contributed by atoms with Crippen LogP contribution in [0.1, 0.15) is 0 Å². The van der Waals surface area contributed by atoms with Gasteiger partial charge in [-0.25, -0.2) is 0 Å². The third-order valence-electron chi connectivity index (χ3n) is 4.00. The SMILES string of the molecule is O=[N+]([O-])c1ccc(O[C@@H]2O[C@H](CO)[C@H](O)[C@H](O)[C@H]2O)c2ncccc12. The second-order valence-electron chi connectivity index (χ2n) is 5.55. The molecule has 2 heterocycles. The lowest BCUT2D eigenvalue weighted by Crippen LogP contribution is -2.60. The summed E-state index contributed by atoms with van der Waals surface area (Å²) in [4.78, 5) is 14.6. The minimum Gasteiger partial charge on any atom is -0.460 e. The molecule has 1 aliphatic rings. The number of pyridine rings is 1. The van der Waals surface area contributed by atoms with E-state index in [2.05, 4.69) is 4.98 Å². The zero-order valence-corrected chi connectivity index (χ0v) is 12.8. The lowest BCUT2D eigenvalue weighted by Gasteiger charge is -2.39. The highest BCUT2D eigenvalue weighted by atomic mass is 16.7. The van der Waals surface area contributed by atoms with E-state index in [9.17, 15) is 30.5 Å². The number of ether oxygens (including phenoxy) is 2. The number of fused-ring (bicyclic) bond motifs is 1. The van der Waals surface area contributed by atoms with Gasteiger partial charge in [-0.05, 0) is 18.2 Å². The number of benzene rings is 1. The van der Waals surface area contributed by atoms with Crippen molar-refractivity contribution in [1.82, 2.24) is 4.98 Å². The van der Waals surface area contributed by atoms with Crippen LogP contribution < -0.4 is 4.74 Å². The van der Waals surface area contributed by atoms with Gasteiger partial charge < -0.3 is 29.9 Å². The number of nitrogens with zero attached hydrogens (tertiary/aromatic N) is 2. The molecular weight excluding hydrogens is 336 g/mol. The Morgan fingerprint density at radius 2 is 1.96 bits per heavy atom. The van der Waals surface area contributed by atoms with Crippen LogP contribution >= 0.6 is 0 Å². The van der Waals surface area contributed by atoms with E-state index in [0.717, 1.165) is 0 Å². The molecule has 10 nitrogen and oxygen atoms in total. The van der Waals surface area contributed by atoms with Gasteiger partial charge in [0.05, 0.1) is 16.9 Å². The average Bonchev–Trinajstić information content (AvgIpc) is 2.62. The van der Waals surface area contributed by atoms with E-state index >= 15 is 0 Å². The molecule has 0 bridgehead atoms. The number of aromatic nitrogens is 1. The first kappa shape index (κ1) is 17.5. The molecule has 1 saturated heterocycles. The molecule has 0 saturated carbocycles. The number of hydrogen-bond donors (Lipinski definition) is 4. The van der Waals surface area contributed by atoms with Gasteiger partial charge >= 0.3 is 0 Å². The summed E-state index contributed by atoms with van der Waals surface area (Å²) in [6, 6.07) is 5.56. The number of hydrogen-bond acceptors (Lipinski definition) is 9. The van der Waals surface area contributed by atoms with Crippen molar-refractivity contribution in [2.24, 2.45) is 0 Å². The van der Waals surface area contributed by atoms with Crippen molar-refractivity contribution >= 4 is 16.6 Å². The van der Waals surface area contributed by atoms with Crippen LogP contribution in [0.15, 0.2) is 30.5 Å². The summed E-state index contributed by atoms with van der Waals surface area (Å²) >= 11 is 0. The third kappa shape index (κ3) is 3.13. The maximum atomic E-state index is 11.1. The molecule has 10 heteroatoms. The molecule has 1 aromatic heterocycles. The van der Waals surface area contributed by atoms with Crippen molar-refractivity contribution in [2.75, 3.05) is 6.61 Å². The topological polar surface area (TPSA) is 155 Å². The van der Waals surface area contributed by atoms with Gasteiger partial charge in [0.1, 0.15) is 35.7 Å². The summed E-state index contributed by atoms with van der Waals surface area (Å²) in [5.74, 6) is 0.0885. The first-order valence-corrected chi connectivity index (χ1v) is 7.43. The highest BCUT2D eigenvalue weighted by molar-refractivity contribution is 5.92. The zero-order chi connectivity index (χ0) is 18.1. The maximum absolute atomic E-state index is 11.1. The molecule has 0 aliphatic carbocycles. The predicted molar refractivity (Wildman–Crippen MR) is 82.8 cm³/mol. The molecule has 0 amide bonds. The molecule has 0 spiro atoms. The van der Waals surface area contributed by atoms with Gasteiger partial charge in [-0.15, -0.1) is 0 Å². The van der Waals surface area contributed by atoms with Crippen molar-refractivity contribution in [3.63, 3.8) is 0 Å². The standard InChI is InChI=1S/C15H16N2O8/c18-6-10-12(19)13(20)14(21)15(25-10)24-9-4-3-8(17(22)23)7-2-1-5-16-11(7)9/h1-5,10,12-15,18-21H,6H2/t10-,12+,13+,14-,15-/m1/s1. The molecule has 5 atom stereocenters. The van der Waals surface area contributed by atoms with Crippen LogP contribution in [0.3, 0.4) is 0 Å². The molecule has 1 aliphatic heterocycles. The van der Waals surface area contributed by atoms with Crippen molar-refractivity contribution in [3.05, 3.63) is 40.6 Å². The average molecular weight is 352 g/mol. The number of non-ortho nitro benzene ring substituents is 1. The van der Waals surface area contributed by atoms with Gasteiger partial charge in [-0.1, -0.05) is 0 Å². The summed E-state index contributed by atoms with van der Waals surface area (Å²) in [7, 11) is 0. The molecular formula is C15H16N2O8. The lowest BCUT2D eigenvalue weighted by molar-refractivity contribution is -0.383. The second kappa shape index (κ2) is 6.86. The molecule has 1 fully saturated rings. The molecule has 0 unspecified atom stereocenters. The summed E-state index contributed by atoms with van der Waals surface area (Å²) in [5.41, 5.74) is 0.0120. The summed E-state index contributed by atoms with van der Waals surface area (Å²) in [5, 5.41) is 50.1. The summed E-state index contributed by atoms with van der Waals surface area (Å²) in [6.45, 7) is -0.593. The van der Waals surface area contributed by atoms with E-state index < -0.39 is 42.2 Å². The van der Waals surface area contributed by atoms with Crippen LogP contribution in [-0.2, 0) is 4.74 Å². The molecule has 2 aromatic rings. The van der Waals surface area contributed by atoms with Gasteiger partial charge in [0, 0.05) is 12.3 Å². The minimum absolute atomic E-state index is 0.0885. The largest absolute Gasteiger partial charge is 0.460 e. The number of rotatable bonds is 4. The fourth-order valence-corrected chi connectivity index (χ4v) is 2.68. The van der Waals surface area contributed by atoms with Crippen molar-refractivity contribution < 1.29 is 34.8 Å². The first-order chi connectivity index (χ1) is 11.9. The van der Waals surface area contributed by atoms with Crippen LogP contribution in [0, 0.1) is 10.1 Å². The van der Waals surface area contributed by atoms with E-state index in [1.165, 1.54) is 30.5 Å². The van der Waals surface area contributed by atoms with Gasteiger partial charge in [-0.3, -0.25) is 15.1 Å². The Balaban J connectivity index is 1.95. The van der Waals surface area contributed by atoms with Crippen molar-refractivity contribution in [1.29, 1.82) is 0 Å². The van der Waals surface area contributed by atoms with Gasteiger partial charge in [-0.2, -0.15) is 0 Å². The van der Waals surface area contributed by atoms with Crippen LogP contribution in [0.25, 0.3) is 10.9 Å². The summed E-state index contributed by atoms with van der Waals surface area (Å²) in [6.07, 6.45) is -5.79. The predicted octanol–water partition coefficient (Wildman–Crippen LogP) is -0.678. The smallest absolute Gasteiger partial charge is 0.279 e. The van der Waals surface area contributed by atoms with Crippen molar-refractivity contribution in [3.8, 4) is 5.75 Å². The van der Waals surface area contributed by atoms with Gasteiger partial charge in [0.25, 0.3) is 5.69 Å². The highest BCUT2D eigenvalue weighted by Crippen LogP contribution is 2.33. The minimum atomic E-state index is -1.59. The van der Waals surface area contributed by atoms with Gasteiger partial charge in [0.15, 0.2) is 0 Å². The monoisotopic (exact) mass is 352 g/mol. The van der Waals surface area contributed by atoms with E-state index in [1.807, 2.05) is 0 Å². The Hall–Kier alpha value is -2.37. The molecule has 25 heavy (non-hydrogen) atoms. The Labute approximate surface area is 141 Å². The van der Waals surface area contributed by atoms with Gasteiger partial charge in [0.2, 0.25) is 6.29 Å². The maximum Gasteiger partial charge on any atom is 0.279 e. The number of aliphatic hydroxyl groups excluding tert-OH is 4. The Bertz CT molecular complexity index is 783. The fraction of sp³-hybridized carbons (Fsp3) is 0.400. The fourth-order valence-electron chi connectivity index (χ4n) is 2.68. The van der Waals surface area contributed by atoms with Crippen LogP contribution in [0.4, 0.5) is 5.69 Å². The van der Waals surface area contributed by atoms with E-state index in [1.54, 1.807) is 0 Å². The Morgan fingerprint density at radius 3 is 2.64 bits per heavy atom.